The maximum Gasteiger partial charge on any atom is 0.340 e. The first-order valence-electron chi connectivity index (χ1n) is 4.12. The van der Waals surface area contributed by atoms with Gasteiger partial charge >= 0.3 is 5.97 Å². The lowest BCUT2D eigenvalue weighted by Gasteiger charge is -1.95. The van der Waals surface area contributed by atoms with Gasteiger partial charge in [-0.3, -0.25) is 0 Å². The van der Waals surface area contributed by atoms with Gasteiger partial charge in [-0.25, -0.2) is 4.79 Å². The summed E-state index contributed by atoms with van der Waals surface area (Å²) in [7, 11) is 0. The number of halogens is 2. The van der Waals surface area contributed by atoms with Crippen molar-refractivity contribution >= 4 is 37.8 Å². The molecule has 0 saturated carbocycles. The molecule has 72 valence electrons. The normalized spacial score (nSPS) is 19.9. The highest BCUT2D eigenvalue weighted by atomic mass is 79.9. The summed E-state index contributed by atoms with van der Waals surface area (Å²) in [4.78, 5) is 12.9. The molecule has 0 atom stereocenters. The fourth-order valence-corrected chi connectivity index (χ4v) is 2.27. The van der Waals surface area contributed by atoms with Crippen LogP contribution in [0.4, 0.5) is 0 Å². The Bertz CT molecular complexity index is 279. The van der Waals surface area contributed by atoms with E-state index in [1.165, 1.54) is 0 Å². The third kappa shape index (κ3) is 2.44. The lowest BCUT2D eigenvalue weighted by molar-refractivity contribution is -0.133. The molecule has 0 fully saturated rings. The molecule has 13 heavy (non-hydrogen) atoms. The molecule has 1 rings (SSSR count). The fraction of sp³-hybridized carbons (Fsp3) is 0.444. The third-order valence-corrected chi connectivity index (χ3v) is 3.09. The summed E-state index contributed by atoms with van der Waals surface area (Å²) in [5, 5.41) is 0. The monoisotopic (exact) mass is 308 g/mol. The maximum absolute atomic E-state index is 11.3. The van der Waals surface area contributed by atoms with Crippen molar-refractivity contribution in [2.24, 2.45) is 0 Å². The van der Waals surface area contributed by atoms with Gasteiger partial charge in [0.2, 0.25) is 0 Å². The molecule has 0 aliphatic carbocycles. The van der Waals surface area contributed by atoms with Gasteiger partial charge in [-0.15, -0.1) is 0 Å². The number of allylic oxidation sites excluding steroid dienone is 1. The standard InChI is InChI=1S/C9H10Br2O2/c1-2-3-4-6-8(11)7(5-10)13-9(6)12/h5H,2-4H2,1H3/b7-5+. The molecule has 2 nitrogen and oxygen atoms in total. The summed E-state index contributed by atoms with van der Waals surface area (Å²) >= 11 is 6.47. The molecule has 1 aliphatic rings. The van der Waals surface area contributed by atoms with E-state index >= 15 is 0 Å². The van der Waals surface area contributed by atoms with Crippen molar-refractivity contribution in [2.45, 2.75) is 26.2 Å². The minimum atomic E-state index is -0.231. The first-order chi connectivity index (χ1) is 6.20. The molecule has 0 aromatic heterocycles. The first kappa shape index (κ1) is 11.0. The van der Waals surface area contributed by atoms with Crippen LogP contribution in [0.25, 0.3) is 0 Å². The van der Waals surface area contributed by atoms with Gasteiger partial charge in [0.05, 0.1) is 10.1 Å². The summed E-state index contributed by atoms with van der Waals surface area (Å²) in [5.41, 5.74) is 0.743. The van der Waals surface area contributed by atoms with Crippen LogP contribution < -0.4 is 0 Å². The number of rotatable bonds is 3. The predicted molar refractivity (Wildman–Crippen MR) is 58.6 cm³/mol. The molecule has 4 heteroatoms. The minimum absolute atomic E-state index is 0.231. The van der Waals surface area contributed by atoms with Crippen LogP contribution in [-0.4, -0.2) is 5.97 Å². The number of hydrogen-bond acceptors (Lipinski definition) is 2. The zero-order valence-electron chi connectivity index (χ0n) is 7.27. The molecule has 0 bridgehead atoms. The van der Waals surface area contributed by atoms with Crippen molar-refractivity contribution < 1.29 is 9.53 Å². The van der Waals surface area contributed by atoms with Crippen LogP contribution in [0.3, 0.4) is 0 Å². The number of carbonyl (C=O) groups excluding carboxylic acids is 1. The molecule has 0 unspecified atom stereocenters. The molecule has 1 heterocycles. The number of cyclic esters (lactones) is 1. The topological polar surface area (TPSA) is 26.3 Å². The van der Waals surface area contributed by atoms with E-state index in [0.29, 0.717) is 5.76 Å². The van der Waals surface area contributed by atoms with E-state index in [9.17, 15) is 4.79 Å². The second kappa shape index (κ2) is 4.96. The Kier molecular flexibility index (Phi) is 4.19. The Morgan fingerprint density at radius 3 is 2.69 bits per heavy atom. The summed E-state index contributed by atoms with van der Waals surface area (Å²) in [6.45, 7) is 2.09. The molecule has 0 amide bonds. The molecule has 0 radical (unpaired) electrons. The van der Waals surface area contributed by atoms with Gasteiger partial charge in [-0.1, -0.05) is 29.3 Å². The predicted octanol–water partition coefficient (Wildman–Crippen LogP) is 3.62. The van der Waals surface area contributed by atoms with Crippen LogP contribution in [0.15, 0.2) is 20.8 Å². The second-order valence-corrected chi connectivity index (χ2v) is 4.01. The Balaban J connectivity index is 2.79. The van der Waals surface area contributed by atoms with Gasteiger partial charge in [0.25, 0.3) is 0 Å². The average molecular weight is 310 g/mol. The number of unbranched alkanes of at least 4 members (excludes halogenated alkanes) is 1. The Morgan fingerprint density at radius 2 is 2.23 bits per heavy atom. The largest absolute Gasteiger partial charge is 0.421 e. The van der Waals surface area contributed by atoms with E-state index in [2.05, 4.69) is 38.8 Å². The number of hydrogen-bond donors (Lipinski definition) is 0. The van der Waals surface area contributed by atoms with Crippen molar-refractivity contribution in [3.63, 3.8) is 0 Å². The smallest absolute Gasteiger partial charge is 0.340 e. The van der Waals surface area contributed by atoms with Crippen LogP contribution in [-0.2, 0) is 9.53 Å². The number of esters is 1. The van der Waals surface area contributed by atoms with Gasteiger partial charge < -0.3 is 4.74 Å². The van der Waals surface area contributed by atoms with Crippen LogP contribution in [0.5, 0.6) is 0 Å². The lowest BCUT2D eigenvalue weighted by atomic mass is 10.1. The Hall–Kier alpha value is -0.0900. The zero-order valence-corrected chi connectivity index (χ0v) is 10.4. The SMILES string of the molecule is CCCCC1=C(Br)/C(=C\Br)OC1=O. The van der Waals surface area contributed by atoms with E-state index < -0.39 is 0 Å². The zero-order chi connectivity index (χ0) is 9.84. The maximum atomic E-state index is 11.3. The quantitative estimate of drug-likeness (QED) is 0.744. The summed E-state index contributed by atoms with van der Waals surface area (Å²) in [6.07, 6.45) is 2.86. The van der Waals surface area contributed by atoms with E-state index in [4.69, 9.17) is 4.74 Å². The van der Waals surface area contributed by atoms with Crippen molar-refractivity contribution in [1.29, 1.82) is 0 Å². The van der Waals surface area contributed by atoms with Crippen LogP contribution in [0, 0.1) is 0 Å². The van der Waals surface area contributed by atoms with E-state index in [1.807, 2.05) is 0 Å². The molecule has 1 aliphatic heterocycles. The number of ether oxygens (including phenoxy) is 1. The van der Waals surface area contributed by atoms with E-state index in [1.54, 1.807) is 4.99 Å². The highest BCUT2D eigenvalue weighted by Crippen LogP contribution is 2.34. The molecular weight excluding hydrogens is 300 g/mol. The van der Waals surface area contributed by atoms with Gasteiger partial charge in [0.15, 0.2) is 5.76 Å². The van der Waals surface area contributed by atoms with E-state index in [0.717, 1.165) is 29.3 Å². The molecule has 0 spiro atoms. The van der Waals surface area contributed by atoms with Crippen molar-refractivity contribution in [3.8, 4) is 0 Å². The van der Waals surface area contributed by atoms with E-state index in [-0.39, 0.29) is 5.97 Å². The van der Waals surface area contributed by atoms with Crippen molar-refractivity contribution in [1.82, 2.24) is 0 Å². The van der Waals surface area contributed by atoms with Gasteiger partial charge in [-0.2, -0.15) is 0 Å². The highest BCUT2D eigenvalue weighted by Gasteiger charge is 2.26. The van der Waals surface area contributed by atoms with Crippen molar-refractivity contribution in [3.05, 3.63) is 20.8 Å². The van der Waals surface area contributed by atoms with Crippen LogP contribution >= 0.6 is 31.9 Å². The fourth-order valence-electron chi connectivity index (χ4n) is 1.08. The summed E-state index contributed by atoms with van der Waals surface area (Å²) in [6, 6.07) is 0. The summed E-state index contributed by atoms with van der Waals surface area (Å²) < 4.78 is 5.77. The molecule has 0 N–H and O–H groups in total. The van der Waals surface area contributed by atoms with Crippen LogP contribution in [0.2, 0.25) is 0 Å². The average Bonchev–Trinajstić information content (AvgIpc) is 2.39. The minimum Gasteiger partial charge on any atom is -0.421 e. The lowest BCUT2D eigenvalue weighted by Crippen LogP contribution is -1.98. The molecular formula is C9H10Br2O2. The van der Waals surface area contributed by atoms with Crippen molar-refractivity contribution in [2.75, 3.05) is 0 Å². The highest BCUT2D eigenvalue weighted by molar-refractivity contribution is 9.12. The van der Waals surface area contributed by atoms with Crippen LogP contribution in [0.1, 0.15) is 26.2 Å². The third-order valence-electron chi connectivity index (χ3n) is 1.81. The molecule has 0 aromatic carbocycles. The first-order valence-corrected chi connectivity index (χ1v) is 5.83. The Labute approximate surface area is 94.3 Å². The summed E-state index contributed by atoms with van der Waals surface area (Å²) in [5.74, 6) is 0.335. The number of carbonyl (C=O) groups is 1. The molecule has 0 saturated heterocycles. The second-order valence-electron chi connectivity index (χ2n) is 2.76. The Morgan fingerprint density at radius 1 is 1.54 bits per heavy atom. The van der Waals surface area contributed by atoms with Gasteiger partial charge in [0.1, 0.15) is 0 Å². The van der Waals surface area contributed by atoms with Gasteiger partial charge in [-0.05, 0) is 28.8 Å². The van der Waals surface area contributed by atoms with Gasteiger partial charge in [0, 0.05) is 4.99 Å². The molecule has 0 aromatic rings.